The minimum absolute atomic E-state index is 0.0375. The number of rotatable bonds is 7. The number of nitrogens with two attached hydrogens (primary N) is 1. The molecular weight excluding hydrogens is 610 g/mol. The quantitative estimate of drug-likeness (QED) is 0.316. The summed E-state index contributed by atoms with van der Waals surface area (Å²) in [4.78, 5) is 46.1. The zero-order valence-corrected chi connectivity index (χ0v) is 27.7. The second-order valence-corrected chi connectivity index (χ2v) is 14.2. The minimum Gasteiger partial charge on any atom is -0.397 e. The van der Waals surface area contributed by atoms with Crippen molar-refractivity contribution < 1.29 is 14.4 Å². The van der Waals surface area contributed by atoms with Gasteiger partial charge in [-0.25, -0.2) is 9.59 Å². The number of hydrogen-bond donors (Lipinski definition) is 4. The van der Waals surface area contributed by atoms with Gasteiger partial charge in [-0.1, -0.05) is 24.6 Å². The molecule has 5 heterocycles. The molecule has 244 valence electrons. The first-order chi connectivity index (χ1) is 21.8. The average Bonchev–Trinajstić information content (AvgIpc) is 3.53. The number of hydrogen-bond acceptors (Lipinski definition) is 6. The highest BCUT2D eigenvalue weighted by Crippen LogP contribution is 2.33. The molecule has 3 saturated heterocycles. The van der Waals surface area contributed by atoms with E-state index in [1.807, 2.05) is 34.2 Å². The number of carbonyl (C=O) groups is 3. The molecule has 12 heteroatoms. The molecule has 0 spiro atoms. The summed E-state index contributed by atoms with van der Waals surface area (Å²) in [5.41, 5.74) is 10.6. The van der Waals surface area contributed by atoms with Gasteiger partial charge in [0.05, 0.1) is 22.9 Å². The molecular formula is C33H46ClN7O3S. The van der Waals surface area contributed by atoms with Crippen LogP contribution in [0.4, 0.5) is 21.0 Å². The van der Waals surface area contributed by atoms with Gasteiger partial charge in [0, 0.05) is 49.6 Å². The van der Waals surface area contributed by atoms with Crippen molar-refractivity contribution in [3.8, 4) is 0 Å². The fourth-order valence-electron chi connectivity index (χ4n) is 7.62. The van der Waals surface area contributed by atoms with Crippen LogP contribution in [0.1, 0.15) is 62.1 Å². The van der Waals surface area contributed by atoms with E-state index in [2.05, 4.69) is 21.3 Å². The molecule has 1 atom stereocenters. The molecule has 1 aromatic carbocycles. The molecule has 0 unspecified atom stereocenters. The van der Waals surface area contributed by atoms with Crippen LogP contribution in [0.5, 0.6) is 0 Å². The molecule has 6 rings (SSSR count). The predicted molar refractivity (Wildman–Crippen MR) is 180 cm³/mol. The summed E-state index contributed by atoms with van der Waals surface area (Å²) in [6.07, 6.45) is 6.90. The first kappa shape index (κ1) is 31.9. The lowest BCUT2D eigenvalue weighted by Crippen LogP contribution is -2.57. The van der Waals surface area contributed by atoms with Crippen molar-refractivity contribution >= 4 is 52.3 Å². The van der Waals surface area contributed by atoms with E-state index in [0.29, 0.717) is 55.5 Å². The fourth-order valence-corrected chi connectivity index (χ4v) is 8.67. The van der Waals surface area contributed by atoms with Gasteiger partial charge in [0.1, 0.15) is 6.04 Å². The van der Waals surface area contributed by atoms with Gasteiger partial charge in [0.25, 0.3) is 0 Å². The van der Waals surface area contributed by atoms with Crippen LogP contribution in [0.3, 0.4) is 0 Å². The number of halogens is 1. The van der Waals surface area contributed by atoms with Crippen molar-refractivity contribution in [2.45, 2.75) is 76.9 Å². The van der Waals surface area contributed by atoms with Crippen LogP contribution >= 0.6 is 22.9 Å². The Kier molecular flexibility index (Phi) is 10.1. The van der Waals surface area contributed by atoms with Crippen molar-refractivity contribution in [2.75, 3.05) is 50.3 Å². The zero-order valence-electron chi connectivity index (χ0n) is 26.2. The molecule has 5 amide bonds. The lowest BCUT2D eigenvalue weighted by atomic mass is 9.79. The molecule has 5 N–H and O–H groups in total. The Hall–Kier alpha value is -3.02. The molecule has 4 aliphatic rings. The molecule has 3 fully saturated rings. The van der Waals surface area contributed by atoms with Crippen LogP contribution < -0.4 is 21.7 Å². The van der Waals surface area contributed by atoms with Gasteiger partial charge in [-0.2, -0.15) is 0 Å². The Morgan fingerprint density at radius 2 is 1.71 bits per heavy atom. The van der Waals surface area contributed by atoms with Crippen LogP contribution in [-0.4, -0.2) is 84.0 Å². The third-order valence-electron chi connectivity index (χ3n) is 10.4. The fraction of sp³-hybridized carbons (Fsp3) is 0.606. The average molecular weight is 656 g/mol. The third kappa shape index (κ3) is 7.20. The van der Waals surface area contributed by atoms with Gasteiger partial charge in [0.15, 0.2) is 0 Å². The number of nitrogen functional groups attached to an aromatic ring is 1. The standard InChI is InChI=1S/C33H46ClN7O3S/c1-2-22-15-21(16-27(34)30(22)35)17-28(31(42)39-11-5-24(6-12-39)23-3-9-36-10-4-23)37-32(43)40-13-7-26(8-14-40)41-18-25-19-45-20-29(25)38-33(41)44/h15-16,19-20,23-24,26,28,36H,2-14,17-18,35H2,1H3,(H,37,43)(H,38,44)/t28-/m1/s1. The van der Waals surface area contributed by atoms with Crippen molar-refractivity contribution in [3.63, 3.8) is 0 Å². The monoisotopic (exact) mass is 655 g/mol. The Morgan fingerprint density at radius 3 is 2.42 bits per heavy atom. The Labute approximate surface area is 275 Å². The highest BCUT2D eigenvalue weighted by Gasteiger charge is 2.36. The second kappa shape index (κ2) is 14.2. The largest absolute Gasteiger partial charge is 0.397 e. The molecule has 0 radical (unpaired) electrons. The lowest BCUT2D eigenvalue weighted by molar-refractivity contribution is -0.135. The van der Waals surface area contributed by atoms with E-state index in [1.165, 1.54) is 12.8 Å². The van der Waals surface area contributed by atoms with Crippen LogP contribution in [0.15, 0.2) is 22.9 Å². The smallest absolute Gasteiger partial charge is 0.322 e. The highest BCUT2D eigenvalue weighted by atomic mass is 35.5. The second-order valence-electron chi connectivity index (χ2n) is 13.0. The minimum atomic E-state index is -0.708. The van der Waals surface area contributed by atoms with Gasteiger partial charge >= 0.3 is 12.1 Å². The maximum atomic E-state index is 14.1. The number of likely N-dealkylation sites (tertiary alicyclic amines) is 2. The predicted octanol–water partition coefficient (Wildman–Crippen LogP) is 4.92. The SMILES string of the molecule is CCc1cc(C[C@@H](NC(=O)N2CCC(N3Cc4cscc4NC3=O)CC2)C(=O)N2CCC(C3CCNCC3)CC2)cc(Cl)c1N. The van der Waals surface area contributed by atoms with E-state index in [9.17, 15) is 14.4 Å². The van der Waals surface area contributed by atoms with E-state index in [-0.39, 0.29) is 24.0 Å². The summed E-state index contributed by atoms with van der Waals surface area (Å²) in [6, 6.07) is 2.86. The molecule has 0 saturated carbocycles. The molecule has 2 aromatic rings. The number of carbonyl (C=O) groups excluding carboxylic acids is 3. The summed E-state index contributed by atoms with van der Waals surface area (Å²) in [6.45, 7) is 7.27. The maximum absolute atomic E-state index is 14.1. The number of amides is 5. The van der Waals surface area contributed by atoms with Gasteiger partial charge in [0.2, 0.25) is 5.91 Å². The molecule has 45 heavy (non-hydrogen) atoms. The first-order valence-corrected chi connectivity index (χ1v) is 17.9. The molecule has 1 aromatic heterocycles. The van der Waals surface area contributed by atoms with Crippen molar-refractivity contribution in [2.24, 2.45) is 11.8 Å². The molecule has 0 bridgehead atoms. The summed E-state index contributed by atoms with van der Waals surface area (Å²) in [5.74, 6) is 1.35. The number of nitrogens with one attached hydrogen (secondary N) is 3. The highest BCUT2D eigenvalue weighted by molar-refractivity contribution is 7.08. The third-order valence-corrected chi connectivity index (χ3v) is 11.5. The zero-order chi connectivity index (χ0) is 31.5. The summed E-state index contributed by atoms with van der Waals surface area (Å²) >= 11 is 8.07. The number of piperidine rings is 3. The number of fused-ring (bicyclic) bond motifs is 1. The molecule has 10 nitrogen and oxygen atoms in total. The lowest BCUT2D eigenvalue weighted by Gasteiger charge is -2.41. The van der Waals surface area contributed by atoms with E-state index < -0.39 is 6.04 Å². The maximum Gasteiger partial charge on any atom is 0.322 e. The van der Waals surface area contributed by atoms with Gasteiger partial charge in [-0.3, -0.25) is 4.79 Å². The van der Waals surface area contributed by atoms with Crippen LogP contribution in [0.25, 0.3) is 0 Å². The Morgan fingerprint density at radius 1 is 1.02 bits per heavy atom. The molecule has 4 aliphatic heterocycles. The number of urea groups is 2. The van der Waals surface area contributed by atoms with Crippen molar-refractivity contribution in [1.29, 1.82) is 0 Å². The van der Waals surface area contributed by atoms with Crippen LogP contribution in [-0.2, 0) is 24.2 Å². The van der Waals surface area contributed by atoms with E-state index in [4.69, 9.17) is 17.3 Å². The van der Waals surface area contributed by atoms with Crippen molar-refractivity contribution in [3.05, 3.63) is 44.6 Å². The van der Waals surface area contributed by atoms with E-state index in [0.717, 1.165) is 73.7 Å². The summed E-state index contributed by atoms with van der Waals surface area (Å²) in [5, 5.41) is 14.1. The number of benzene rings is 1. The van der Waals surface area contributed by atoms with Crippen LogP contribution in [0.2, 0.25) is 5.02 Å². The molecule has 0 aliphatic carbocycles. The number of anilines is 2. The Bertz CT molecular complexity index is 1380. The normalized spacial score (nSPS) is 20.9. The van der Waals surface area contributed by atoms with Crippen molar-refractivity contribution in [1.82, 2.24) is 25.3 Å². The van der Waals surface area contributed by atoms with Crippen LogP contribution in [0, 0.1) is 11.8 Å². The number of thiophene rings is 1. The number of nitrogens with zero attached hydrogens (tertiary/aromatic N) is 3. The Balaban J connectivity index is 1.10. The van der Waals surface area contributed by atoms with Gasteiger partial charge in [-0.05, 0) is 92.4 Å². The summed E-state index contributed by atoms with van der Waals surface area (Å²) in [7, 11) is 0. The number of aryl methyl sites for hydroxylation is 1. The van der Waals surface area contributed by atoms with E-state index >= 15 is 0 Å². The van der Waals surface area contributed by atoms with Gasteiger partial charge < -0.3 is 36.4 Å². The first-order valence-electron chi connectivity index (χ1n) is 16.5. The summed E-state index contributed by atoms with van der Waals surface area (Å²) < 4.78 is 0. The van der Waals surface area contributed by atoms with Gasteiger partial charge in [-0.15, -0.1) is 11.3 Å². The van der Waals surface area contributed by atoms with E-state index in [1.54, 1.807) is 16.2 Å². The topological polar surface area (TPSA) is 123 Å².